The summed E-state index contributed by atoms with van der Waals surface area (Å²) in [5.74, 6) is 0. The van der Waals surface area contributed by atoms with Crippen LogP contribution in [0.2, 0.25) is 0 Å². The maximum Gasteiger partial charge on any atom is 0.407 e. The second kappa shape index (κ2) is 9.22. The topological polar surface area (TPSA) is 81.5 Å². The predicted molar refractivity (Wildman–Crippen MR) is 96.1 cm³/mol. The average Bonchev–Trinajstić information content (AvgIpc) is 2.61. The minimum atomic E-state index is -0.487. The van der Waals surface area contributed by atoms with Crippen molar-refractivity contribution in [1.82, 2.24) is 5.32 Å². The van der Waals surface area contributed by atoms with Crippen LogP contribution in [-0.4, -0.2) is 17.6 Å². The van der Waals surface area contributed by atoms with E-state index in [0.717, 1.165) is 11.1 Å². The van der Waals surface area contributed by atoms with E-state index in [0.29, 0.717) is 18.5 Å². The number of ether oxygens (including phenoxy) is 1. The number of nitro benzene ring substituents is 1. The quantitative estimate of drug-likeness (QED) is 0.464. The van der Waals surface area contributed by atoms with E-state index in [2.05, 4.69) is 5.32 Å². The maximum atomic E-state index is 11.6. The first-order valence-electron chi connectivity index (χ1n) is 7.92. The molecular formula is C19H20N2O4. The summed E-state index contributed by atoms with van der Waals surface area (Å²) in [4.78, 5) is 22.2. The zero-order chi connectivity index (χ0) is 18.1. The summed E-state index contributed by atoms with van der Waals surface area (Å²) in [7, 11) is 0. The lowest BCUT2D eigenvalue weighted by atomic mass is 10.1. The van der Waals surface area contributed by atoms with Crippen molar-refractivity contribution >= 4 is 17.9 Å². The Morgan fingerprint density at radius 1 is 1.24 bits per heavy atom. The number of rotatable bonds is 7. The van der Waals surface area contributed by atoms with Crippen LogP contribution >= 0.6 is 0 Å². The van der Waals surface area contributed by atoms with Gasteiger partial charge in [-0.15, -0.1) is 0 Å². The Balaban J connectivity index is 1.74. The van der Waals surface area contributed by atoms with Crippen molar-refractivity contribution in [2.24, 2.45) is 0 Å². The van der Waals surface area contributed by atoms with E-state index in [1.807, 2.05) is 43.3 Å². The van der Waals surface area contributed by atoms with Gasteiger partial charge in [-0.3, -0.25) is 10.1 Å². The summed E-state index contributed by atoms with van der Waals surface area (Å²) in [5, 5.41) is 13.7. The van der Waals surface area contributed by atoms with Crippen LogP contribution in [0.5, 0.6) is 0 Å². The summed E-state index contributed by atoms with van der Waals surface area (Å²) < 4.78 is 5.09. The first kappa shape index (κ1) is 18.2. The summed E-state index contributed by atoms with van der Waals surface area (Å²) >= 11 is 0. The highest BCUT2D eigenvalue weighted by atomic mass is 16.6. The van der Waals surface area contributed by atoms with Crippen molar-refractivity contribution in [3.05, 3.63) is 81.4 Å². The van der Waals surface area contributed by atoms with Crippen molar-refractivity contribution in [2.45, 2.75) is 20.0 Å². The van der Waals surface area contributed by atoms with Crippen molar-refractivity contribution < 1.29 is 14.5 Å². The van der Waals surface area contributed by atoms with E-state index in [1.54, 1.807) is 24.3 Å². The summed E-state index contributed by atoms with van der Waals surface area (Å²) in [6.45, 7) is 2.42. The van der Waals surface area contributed by atoms with Crippen molar-refractivity contribution in [3.8, 4) is 0 Å². The molecule has 0 saturated carbocycles. The van der Waals surface area contributed by atoms with Gasteiger partial charge in [0.15, 0.2) is 0 Å². The lowest BCUT2D eigenvalue weighted by molar-refractivity contribution is -0.385. The number of alkyl carbamates (subject to hydrolysis) is 1. The average molecular weight is 340 g/mol. The lowest BCUT2D eigenvalue weighted by Gasteiger charge is -2.06. The number of nitro groups is 1. The van der Waals surface area contributed by atoms with Gasteiger partial charge in [-0.05, 0) is 30.5 Å². The van der Waals surface area contributed by atoms with Crippen molar-refractivity contribution in [3.63, 3.8) is 0 Å². The Hall–Kier alpha value is -3.15. The van der Waals surface area contributed by atoms with Gasteiger partial charge in [0.05, 0.1) is 10.5 Å². The van der Waals surface area contributed by atoms with Crippen LogP contribution in [-0.2, 0) is 11.3 Å². The van der Waals surface area contributed by atoms with Crippen LogP contribution < -0.4 is 5.32 Å². The highest BCUT2D eigenvalue weighted by Crippen LogP contribution is 2.21. The molecule has 6 heteroatoms. The second-order valence-electron chi connectivity index (χ2n) is 5.50. The van der Waals surface area contributed by atoms with E-state index >= 15 is 0 Å². The molecule has 0 fully saturated rings. The Kier molecular flexibility index (Phi) is 6.71. The highest BCUT2D eigenvalue weighted by Gasteiger charge is 2.10. The van der Waals surface area contributed by atoms with Gasteiger partial charge in [0, 0.05) is 12.6 Å². The molecular weight excluding hydrogens is 320 g/mol. The molecule has 130 valence electrons. The predicted octanol–water partition coefficient (Wildman–Crippen LogP) is 4.23. The molecule has 0 saturated heterocycles. The number of hydrogen-bond acceptors (Lipinski definition) is 4. The molecule has 0 unspecified atom stereocenters. The number of hydrogen-bond donors (Lipinski definition) is 1. The molecule has 2 aromatic carbocycles. The number of benzene rings is 2. The molecule has 2 aromatic rings. The summed E-state index contributed by atoms with van der Waals surface area (Å²) in [5.41, 5.74) is 2.38. The van der Waals surface area contributed by atoms with Gasteiger partial charge in [-0.25, -0.2) is 4.79 Å². The normalized spacial score (nSPS) is 10.6. The van der Waals surface area contributed by atoms with Crippen LogP contribution in [0.1, 0.15) is 23.1 Å². The molecule has 0 aliphatic heterocycles. The van der Waals surface area contributed by atoms with Gasteiger partial charge in [0.2, 0.25) is 0 Å². The molecule has 0 atom stereocenters. The van der Waals surface area contributed by atoms with Gasteiger partial charge in [0.25, 0.3) is 5.69 Å². The number of aryl methyl sites for hydroxylation is 1. The molecule has 1 amide bonds. The van der Waals surface area contributed by atoms with Gasteiger partial charge < -0.3 is 10.1 Å². The minimum absolute atomic E-state index is 0.0754. The maximum absolute atomic E-state index is 11.6. The van der Waals surface area contributed by atoms with E-state index in [-0.39, 0.29) is 12.3 Å². The number of nitrogens with one attached hydrogen (secondary N) is 1. The zero-order valence-corrected chi connectivity index (χ0v) is 14.0. The fourth-order valence-corrected chi connectivity index (χ4v) is 2.19. The Bertz CT molecular complexity index is 757. The molecule has 0 bridgehead atoms. The van der Waals surface area contributed by atoms with Crippen LogP contribution in [0.3, 0.4) is 0 Å². The van der Waals surface area contributed by atoms with E-state index in [9.17, 15) is 14.9 Å². The molecule has 0 aliphatic rings. The SMILES string of the molecule is Cc1ccc(C=CCCNC(=O)OCc2ccccc2)c([N+](=O)[O-])c1. The van der Waals surface area contributed by atoms with E-state index in [1.165, 1.54) is 0 Å². The minimum Gasteiger partial charge on any atom is -0.445 e. The molecule has 1 N–H and O–H groups in total. The third kappa shape index (κ3) is 6.10. The Morgan fingerprint density at radius 2 is 2.00 bits per heavy atom. The molecule has 0 aromatic heterocycles. The number of carbonyl (C=O) groups is 1. The Morgan fingerprint density at radius 3 is 2.72 bits per heavy atom. The van der Waals surface area contributed by atoms with Gasteiger partial charge >= 0.3 is 6.09 Å². The molecule has 0 aliphatic carbocycles. The fourth-order valence-electron chi connectivity index (χ4n) is 2.19. The van der Waals surface area contributed by atoms with Crippen molar-refractivity contribution in [1.29, 1.82) is 0 Å². The molecule has 0 radical (unpaired) electrons. The van der Waals surface area contributed by atoms with Crippen LogP contribution in [0.4, 0.5) is 10.5 Å². The third-order valence-corrected chi connectivity index (χ3v) is 3.47. The van der Waals surface area contributed by atoms with E-state index in [4.69, 9.17) is 4.74 Å². The van der Waals surface area contributed by atoms with Crippen LogP contribution in [0, 0.1) is 17.0 Å². The smallest absolute Gasteiger partial charge is 0.407 e. The largest absolute Gasteiger partial charge is 0.445 e. The molecule has 0 heterocycles. The molecule has 2 rings (SSSR count). The molecule has 6 nitrogen and oxygen atoms in total. The number of carbonyl (C=O) groups excluding carboxylic acids is 1. The number of amides is 1. The highest BCUT2D eigenvalue weighted by molar-refractivity contribution is 5.67. The summed E-state index contributed by atoms with van der Waals surface area (Å²) in [6, 6.07) is 14.5. The van der Waals surface area contributed by atoms with Crippen molar-refractivity contribution in [2.75, 3.05) is 6.54 Å². The summed E-state index contributed by atoms with van der Waals surface area (Å²) in [6.07, 6.45) is 3.54. The monoisotopic (exact) mass is 340 g/mol. The lowest BCUT2D eigenvalue weighted by Crippen LogP contribution is -2.24. The van der Waals surface area contributed by atoms with Crippen LogP contribution in [0.25, 0.3) is 6.08 Å². The molecule has 25 heavy (non-hydrogen) atoms. The van der Waals surface area contributed by atoms with Gasteiger partial charge in [-0.2, -0.15) is 0 Å². The first-order valence-corrected chi connectivity index (χ1v) is 7.92. The molecule has 0 spiro atoms. The van der Waals surface area contributed by atoms with Gasteiger partial charge in [-0.1, -0.05) is 48.6 Å². The van der Waals surface area contributed by atoms with Crippen LogP contribution in [0.15, 0.2) is 54.6 Å². The zero-order valence-electron chi connectivity index (χ0n) is 14.0. The fraction of sp³-hybridized carbons (Fsp3) is 0.211. The van der Waals surface area contributed by atoms with Gasteiger partial charge in [0.1, 0.15) is 6.61 Å². The Labute approximate surface area is 146 Å². The number of nitrogens with zero attached hydrogens (tertiary/aromatic N) is 1. The third-order valence-electron chi connectivity index (χ3n) is 3.47. The first-order chi connectivity index (χ1) is 12.1. The van der Waals surface area contributed by atoms with E-state index < -0.39 is 11.0 Å². The standard InChI is InChI=1S/C19H20N2O4/c1-15-10-11-17(18(13-15)21(23)24)9-5-6-12-20-19(22)25-14-16-7-3-2-4-8-16/h2-5,7-11,13H,6,12,14H2,1H3,(H,20,22). The second-order valence-corrected chi connectivity index (χ2v) is 5.50.